The number of nitrogens with two attached hydrogens (primary N) is 1. The van der Waals surface area contributed by atoms with Crippen molar-refractivity contribution in [2.75, 3.05) is 11.5 Å². The van der Waals surface area contributed by atoms with Gasteiger partial charge in [-0.1, -0.05) is 31.2 Å². The molecule has 0 spiro atoms. The van der Waals surface area contributed by atoms with Gasteiger partial charge in [-0.3, -0.25) is 5.73 Å². The minimum atomic E-state index is -0.273. The molecule has 0 fully saturated rings. The van der Waals surface area contributed by atoms with Gasteiger partial charge in [0, 0.05) is 22.3 Å². The lowest BCUT2D eigenvalue weighted by Crippen LogP contribution is -2.37. The molecule has 1 aliphatic heterocycles. The number of rotatable bonds is 5. The van der Waals surface area contributed by atoms with Crippen LogP contribution in [0.4, 0.5) is 0 Å². The Morgan fingerprint density at radius 1 is 1.23 bits per heavy atom. The van der Waals surface area contributed by atoms with Gasteiger partial charge in [0.25, 0.3) is 0 Å². The van der Waals surface area contributed by atoms with Crippen LogP contribution in [0.25, 0.3) is 0 Å². The lowest BCUT2D eigenvalue weighted by Gasteiger charge is -2.24. The molecule has 1 heterocycles. The standard InChI is InChI=1S/C21H27NO2S2/c1-13(11-25-18-9-5-6-14(2)19(18)23)10-16-12-26-20-15(3)7-4-8-17(20)24-21(16)22/h4-9,13,16,21,23H,10-12,22H2,1-3H3. The van der Waals surface area contributed by atoms with E-state index in [1.54, 1.807) is 11.8 Å². The highest BCUT2D eigenvalue weighted by molar-refractivity contribution is 7.99. The number of para-hydroxylation sites is 1. The third-order valence-electron chi connectivity index (χ3n) is 4.77. The van der Waals surface area contributed by atoms with E-state index in [2.05, 4.69) is 19.9 Å². The van der Waals surface area contributed by atoms with E-state index in [9.17, 15) is 5.11 Å². The molecule has 0 bridgehead atoms. The first-order chi connectivity index (χ1) is 12.5. The molecule has 3 unspecified atom stereocenters. The maximum Gasteiger partial charge on any atom is 0.151 e. The number of phenols is 1. The number of phenolic OH excluding ortho intramolecular Hbond substituents is 1. The summed E-state index contributed by atoms with van der Waals surface area (Å²) in [4.78, 5) is 2.17. The minimum absolute atomic E-state index is 0.273. The van der Waals surface area contributed by atoms with Gasteiger partial charge < -0.3 is 9.84 Å². The summed E-state index contributed by atoms with van der Waals surface area (Å²) in [7, 11) is 0. The molecular formula is C21H27NO2S2. The second-order valence-corrected chi connectivity index (χ2v) is 9.22. The maximum atomic E-state index is 10.2. The lowest BCUT2D eigenvalue weighted by atomic mass is 9.97. The van der Waals surface area contributed by atoms with Crippen LogP contribution in [0.2, 0.25) is 0 Å². The van der Waals surface area contributed by atoms with Gasteiger partial charge in [-0.25, -0.2) is 0 Å². The first-order valence-electron chi connectivity index (χ1n) is 9.01. The maximum absolute atomic E-state index is 10.2. The Morgan fingerprint density at radius 3 is 2.77 bits per heavy atom. The molecule has 0 saturated heterocycles. The Balaban J connectivity index is 1.58. The minimum Gasteiger partial charge on any atom is -0.507 e. The Kier molecular flexibility index (Phi) is 6.43. The van der Waals surface area contributed by atoms with E-state index in [4.69, 9.17) is 10.5 Å². The van der Waals surface area contributed by atoms with Crippen LogP contribution in [0.5, 0.6) is 11.5 Å². The normalized spacial score (nSPS) is 20.8. The van der Waals surface area contributed by atoms with Crippen LogP contribution in [-0.2, 0) is 0 Å². The summed E-state index contributed by atoms with van der Waals surface area (Å²) >= 11 is 3.57. The zero-order valence-electron chi connectivity index (χ0n) is 15.6. The molecular weight excluding hydrogens is 362 g/mol. The molecule has 0 aliphatic carbocycles. The fourth-order valence-corrected chi connectivity index (χ4v) is 5.53. The zero-order chi connectivity index (χ0) is 18.7. The fraction of sp³-hybridized carbons (Fsp3) is 0.429. The van der Waals surface area contributed by atoms with Gasteiger partial charge in [0.1, 0.15) is 11.5 Å². The third-order valence-corrected chi connectivity index (χ3v) is 7.56. The molecule has 5 heteroatoms. The quantitative estimate of drug-likeness (QED) is 0.687. The number of hydrogen-bond acceptors (Lipinski definition) is 5. The Labute approximate surface area is 164 Å². The molecule has 0 aromatic heterocycles. The number of hydrogen-bond donors (Lipinski definition) is 2. The van der Waals surface area contributed by atoms with Crippen molar-refractivity contribution in [3.05, 3.63) is 47.5 Å². The Morgan fingerprint density at radius 2 is 1.96 bits per heavy atom. The third kappa shape index (κ3) is 4.51. The highest BCUT2D eigenvalue weighted by Gasteiger charge is 2.27. The van der Waals surface area contributed by atoms with Crippen molar-refractivity contribution < 1.29 is 9.84 Å². The van der Waals surface area contributed by atoms with Crippen molar-refractivity contribution in [1.29, 1.82) is 0 Å². The number of aromatic hydroxyl groups is 1. The molecule has 3 rings (SSSR count). The van der Waals surface area contributed by atoms with Crippen LogP contribution < -0.4 is 10.5 Å². The van der Waals surface area contributed by atoms with Gasteiger partial charge in [-0.15, -0.1) is 23.5 Å². The first-order valence-corrected chi connectivity index (χ1v) is 11.0. The van der Waals surface area contributed by atoms with E-state index < -0.39 is 0 Å². The predicted octanol–water partition coefficient (Wildman–Crippen LogP) is 5.21. The number of thioether (sulfide) groups is 2. The van der Waals surface area contributed by atoms with Gasteiger partial charge in [0.2, 0.25) is 0 Å². The van der Waals surface area contributed by atoms with Gasteiger partial charge in [-0.05, 0) is 49.4 Å². The van der Waals surface area contributed by atoms with Gasteiger partial charge in [0.15, 0.2) is 6.23 Å². The van der Waals surface area contributed by atoms with E-state index in [1.807, 2.05) is 49.0 Å². The molecule has 26 heavy (non-hydrogen) atoms. The molecule has 0 saturated carbocycles. The summed E-state index contributed by atoms with van der Waals surface area (Å²) in [6, 6.07) is 12.1. The molecule has 0 radical (unpaired) electrons. The summed E-state index contributed by atoms with van der Waals surface area (Å²) in [6.07, 6.45) is 0.742. The number of aryl methyl sites for hydroxylation is 2. The highest BCUT2D eigenvalue weighted by Crippen LogP contribution is 2.40. The molecule has 3 N–H and O–H groups in total. The van der Waals surface area contributed by atoms with Gasteiger partial charge in [-0.2, -0.15) is 0 Å². The Hall–Kier alpha value is -1.30. The topological polar surface area (TPSA) is 55.5 Å². The van der Waals surface area contributed by atoms with Crippen LogP contribution in [0.1, 0.15) is 24.5 Å². The van der Waals surface area contributed by atoms with Crippen molar-refractivity contribution in [3.8, 4) is 11.5 Å². The summed E-state index contributed by atoms with van der Waals surface area (Å²) in [5.74, 6) is 4.05. The molecule has 2 aromatic carbocycles. The van der Waals surface area contributed by atoms with Crippen molar-refractivity contribution in [1.82, 2.24) is 0 Å². The summed E-state index contributed by atoms with van der Waals surface area (Å²) in [5, 5.41) is 10.2. The predicted molar refractivity (Wildman–Crippen MR) is 111 cm³/mol. The monoisotopic (exact) mass is 389 g/mol. The van der Waals surface area contributed by atoms with Gasteiger partial charge in [0.05, 0.1) is 4.90 Å². The largest absolute Gasteiger partial charge is 0.507 e. The summed E-state index contributed by atoms with van der Waals surface area (Å²) in [6.45, 7) is 6.30. The van der Waals surface area contributed by atoms with Crippen LogP contribution in [0.3, 0.4) is 0 Å². The van der Waals surface area contributed by atoms with E-state index in [-0.39, 0.29) is 6.23 Å². The van der Waals surface area contributed by atoms with Crippen molar-refractivity contribution in [2.45, 2.75) is 43.2 Å². The lowest BCUT2D eigenvalue weighted by molar-refractivity contribution is 0.137. The Bertz CT molecular complexity index is 766. The molecule has 0 amide bonds. The smallest absolute Gasteiger partial charge is 0.151 e. The van der Waals surface area contributed by atoms with Gasteiger partial charge >= 0.3 is 0 Å². The van der Waals surface area contributed by atoms with Crippen LogP contribution >= 0.6 is 23.5 Å². The average Bonchev–Trinajstić information content (AvgIpc) is 2.76. The number of benzene rings is 2. The van der Waals surface area contributed by atoms with Crippen molar-refractivity contribution >= 4 is 23.5 Å². The van der Waals surface area contributed by atoms with Crippen LogP contribution in [0.15, 0.2) is 46.2 Å². The molecule has 3 atom stereocenters. The molecule has 1 aliphatic rings. The number of fused-ring (bicyclic) bond motifs is 1. The first kappa shape index (κ1) is 19.5. The highest BCUT2D eigenvalue weighted by atomic mass is 32.2. The fourth-order valence-electron chi connectivity index (χ4n) is 3.20. The zero-order valence-corrected chi connectivity index (χ0v) is 17.2. The average molecular weight is 390 g/mol. The summed E-state index contributed by atoms with van der Waals surface area (Å²) in [5.41, 5.74) is 8.53. The second-order valence-electron chi connectivity index (χ2n) is 7.13. The molecule has 2 aromatic rings. The molecule has 3 nitrogen and oxygen atoms in total. The van der Waals surface area contributed by atoms with E-state index >= 15 is 0 Å². The second kappa shape index (κ2) is 8.59. The number of ether oxygens (including phenoxy) is 1. The van der Waals surface area contributed by atoms with E-state index in [0.717, 1.165) is 34.1 Å². The SMILES string of the molecule is Cc1cccc(SCC(C)CC2CSc3c(C)cccc3OC2N)c1O. The van der Waals surface area contributed by atoms with Crippen molar-refractivity contribution in [2.24, 2.45) is 17.6 Å². The van der Waals surface area contributed by atoms with E-state index in [1.165, 1.54) is 10.5 Å². The molecule has 140 valence electrons. The summed E-state index contributed by atoms with van der Waals surface area (Å²) < 4.78 is 6.06. The van der Waals surface area contributed by atoms with E-state index in [0.29, 0.717) is 17.6 Å². The van der Waals surface area contributed by atoms with Crippen molar-refractivity contribution in [3.63, 3.8) is 0 Å². The van der Waals surface area contributed by atoms with Crippen LogP contribution in [0, 0.1) is 25.7 Å². The van der Waals surface area contributed by atoms with Crippen LogP contribution in [-0.4, -0.2) is 22.8 Å².